The zero-order chi connectivity index (χ0) is 26.5. The maximum atomic E-state index is 2.58. The Bertz CT molecular complexity index is 1720. The van der Waals surface area contributed by atoms with Gasteiger partial charge in [0.15, 0.2) is 0 Å². The van der Waals surface area contributed by atoms with Gasteiger partial charge in [-0.25, -0.2) is 0 Å². The van der Waals surface area contributed by atoms with E-state index in [1.807, 2.05) is 0 Å². The molecule has 0 fully saturated rings. The molecule has 0 spiro atoms. The monoisotopic (exact) mass is 511 g/mol. The summed E-state index contributed by atoms with van der Waals surface area (Å²) >= 11 is 0. The molecule has 6 aromatic carbocycles. The van der Waals surface area contributed by atoms with Gasteiger partial charge in [-0.05, 0) is 105 Å². The fourth-order valence-corrected chi connectivity index (χ4v) is 6.63. The van der Waals surface area contributed by atoms with Gasteiger partial charge in [0, 0.05) is 17.4 Å². The molecular formula is C39H29N. The van der Waals surface area contributed by atoms with E-state index in [0.29, 0.717) is 6.04 Å². The van der Waals surface area contributed by atoms with Crippen LogP contribution in [0.4, 0.5) is 11.4 Å². The molecule has 0 N–H and O–H groups in total. The average molecular weight is 512 g/mol. The lowest BCUT2D eigenvalue weighted by Crippen LogP contribution is -2.22. The summed E-state index contributed by atoms with van der Waals surface area (Å²) in [6, 6.07) is 53.7. The second-order valence-electron chi connectivity index (χ2n) is 11.0. The molecule has 2 aliphatic heterocycles. The number of rotatable bonds is 4. The molecule has 0 amide bonds. The predicted octanol–water partition coefficient (Wildman–Crippen LogP) is 9.97. The van der Waals surface area contributed by atoms with Crippen molar-refractivity contribution in [2.45, 2.75) is 18.9 Å². The van der Waals surface area contributed by atoms with Crippen molar-refractivity contribution in [3.8, 4) is 44.5 Å². The van der Waals surface area contributed by atoms with Gasteiger partial charge in [-0.15, -0.1) is 0 Å². The molecule has 2 aliphatic rings. The molecule has 0 aromatic heterocycles. The summed E-state index contributed by atoms with van der Waals surface area (Å²) in [7, 11) is 0. The van der Waals surface area contributed by atoms with E-state index >= 15 is 0 Å². The van der Waals surface area contributed by atoms with Crippen molar-refractivity contribution in [2.24, 2.45) is 0 Å². The highest BCUT2D eigenvalue weighted by atomic mass is 15.2. The summed E-state index contributed by atoms with van der Waals surface area (Å²) in [6.45, 7) is 0. The molecule has 0 atom stereocenters. The van der Waals surface area contributed by atoms with E-state index in [1.54, 1.807) is 0 Å². The molecule has 1 heteroatoms. The van der Waals surface area contributed by atoms with Gasteiger partial charge >= 0.3 is 0 Å². The highest BCUT2D eigenvalue weighted by molar-refractivity contribution is 5.83. The minimum absolute atomic E-state index is 0.502. The van der Waals surface area contributed by atoms with Gasteiger partial charge in [-0.3, -0.25) is 0 Å². The van der Waals surface area contributed by atoms with Crippen molar-refractivity contribution in [1.82, 2.24) is 0 Å². The van der Waals surface area contributed by atoms with E-state index in [4.69, 9.17) is 0 Å². The van der Waals surface area contributed by atoms with Crippen molar-refractivity contribution in [3.05, 3.63) is 157 Å². The Hall–Kier alpha value is -4.88. The van der Waals surface area contributed by atoms with Crippen molar-refractivity contribution in [1.29, 1.82) is 0 Å². The number of anilines is 2. The Morgan fingerprint density at radius 2 is 0.725 bits per heavy atom. The summed E-state index contributed by atoms with van der Waals surface area (Å²) in [5.41, 5.74) is 15.8. The normalized spacial score (nSPS) is 13.7. The quantitative estimate of drug-likeness (QED) is 0.228. The molecule has 0 aliphatic carbocycles. The third kappa shape index (κ3) is 3.94. The lowest BCUT2D eigenvalue weighted by Gasteiger charge is -2.21. The van der Waals surface area contributed by atoms with Crippen LogP contribution in [0, 0.1) is 0 Å². The highest BCUT2D eigenvalue weighted by Gasteiger charge is 2.37. The summed E-state index contributed by atoms with van der Waals surface area (Å²) in [5, 5.41) is 0. The number of benzene rings is 6. The third-order valence-corrected chi connectivity index (χ3v) is 8.56. The van der Waals surface area contributed by atoms with Crippen molar-refractivity contribution >= 4 is 11.4 Å². The smallest absolute Gasteiger partial charge is 0.0447 e. The molecule has 1 nitrogen and oxygen atoms in total. The number of fused-ring (bicyclic) bond motifs is 5. The molecule has 0 radical (unpaired) electrons. The third-order valence-electron chi connectivity index (χ3n) is 8.56. The van der Waals surface area contributed by atoms with Gasteiger partial charge in [0.1, 0.15) is 0 Å². The van der Waals surface area contributed by atoms with Gasteiger partial charge in [0.05, 0.1) is 0 Å². The Balaban J connectivity index is 1.09. The van der Waals surface area contributed by atoms with Crippen LogP contribution in [0.15, 0.2) is 146 Å². The van der Waals surface area contributed by atoms with Crippen LogP contribution in [-0.4, -0.2) is 6.04 Å². The maximum absolute atomic E-state index is 2.58. The Morgan fingerprint density at radius 1 is 0.350 bits per heavy atom. The Labute approximate surface area is 236 Å². The van der Waals surface area contributed by atoms with E-state index in [0.717, 1.165) is 12.8 Å². The fourth-order valence-electron chi connectivity index (χ4n) is 6.63. The lowest BCUT2D eigenvalue weighted by molar-refractivity contribution is 0.725. The molecule has 40 heavy (non-hydrogen) atoms. The van der Waals surface area contributed by atoms with Crippen LogP contribution in [-0.2, 0) is 12.8 Å². The second kappa shape index (κ2) is 9.39. The van der Waals surface area contributed by atoms with E-state index < -0.39 is 0 Å². The molecule has 8 rings (SSSR count). The fraction of sp³-hybridized carbons (Fsp3) is 0.0769. The van der Waals surface area contributed by atoms with Gasteiger partial charge in [0.2, 0.25) is 0 Å². The molecule has 0 unspecified atom stereocenters. The molecule has 0 saturated heterocycles. The van der Waals surface area contributed by atoms with Gasteiger partial charge in [0.25, 0.3) is 0 Å². The largest absolute Gasteiger partial charge is 0.337 e. The van der Waals surface area contributed by atoms with Crippen molar-refractivity contribution < 1.29 is 0 Å². The standard InChI is InChI=1S/C39H29N/c1-3-9-27(10-4-1)29-13-7-15-31(21-29)33-17-19-38-35(23-33)25-37-26-36-24-34(18-20-39(36)40(37)38)32-16-8-14-30(22-32)28-11-5-2-6-12-28/h1-24,37H,25-26H2. The predicted molar refractivity (Wildman–Crippen MR) is 168 cm³/mol. The molecule has 2 heterocycles. The van der Waals surface area contributed by atoms with Crippen LogP contribution < -0.4 is 4.90 Å². The maximum Gasteiger partial charge on any atom is 0.0447 e. The zero-order valence-electron chi connectivity index (χ0n) is 22.3. The second-order valence-corrected chi connectivity index (χ2v) is 11.0. The van der Waals surface area contributed by atoms with Gasteiger partial charge < -0.3 is 4.90 Å². The van der Waals surface area contributed by atoms with Crippen molar-refractivity contribution in [2.75, 3.05) is 4.90 Å². The summed E-state index contributed by atoms with van der Waals surface area (Å²) < 4.78 is 0. The van der Waals surface area contributed by atoms with Crippen LogP contribution in [0.2, 0.25) is 0 Å². The summed E-state index contributed by atoms with van der Waals surface area (Å²) in [5.74, 6) is 0. The van der Waals surface area contributed by atoms with Crippen LogP contribution in [0.25, 0.3) is 44.5 Å². The number of nitrogens with zero attached hydrogens (tertiary/aromatic N) is 1. The minimum Gasteiger partial charge on any atom is -0.337 e. The van der Waals surface area contributed by atoms with Gasteiger partial charge in [-0.1, -0.05) is 109 Å². The molecule has 6 aromatic rings. The highest BCUT2D eigenvalue weighted by Crippen LogP contribution is 2.48. The molecular weight excluding hydrogens is 482 g/mol. The van der Waals surface area contributed by atoms with Gasteiger partial charge in [-0.2, -0.15) is 0 Å². The Kier molecular flexibility index (Phi) is 5.41. The SMILES string of the molecule is c1ccc(-c2cccc(-c3ccc4c(c3)CC3Cc5cc(-c6cccc(-c7ccccc7)c6)ccc5N43)c2)cc1. The van der Waals surface area contributed by atoms with E-state index in [-0.39, 0.29) is 0 Å². The first-order valence-electron chi connectivity index (χ1n) is 14.2. The topological polar surface area (TPSA) is 3.24 Å². The number of hydrogen-bond donors (Lipinski definition) is 0. The summed E-state index contributed by atoms with van der Waals surface area (Å²) in [6.07, 6.45) is 2.18. The first-order valence-corrected chi connectivity index (χ1v) is 14.2. The first kappa shape index (κ1) is 23.0. The van der Waals surface area contributed by atoms with E-state index in [9.17, 15) is 0 Å². The average Bonchev–Trinajstić information content (AvgIpc) is 3.57. The molecule has 0 bridgehead atoms. The van der Waals surface area contributed by atoms with E-state index in [1.165, 1.54) is 67.0 Å². The first-order chi connectivity index (χ1) is 19.8. The minimum atomic E-state index is 0.502. The molecule has 190 valence electrons. The van der Waals surface area contributed by atoms with Crippen LogP contribution in [0.3, 0.4) is 0 Å². The van der Waals surface area contributed by atoms with Crippen LogP contribution >= 0.6 is 0 Å². The summed E-state index contributed by atoms with van der Waals surface area (Å²) in [4.78, 5) is 2.58. The zero-order valence-corrected chi connectivity index (χ0v) is 22.3. The van der Waals surface area contributed by atoms with Crippen molar-refractivity contribution in [3.63, 3.8) is 0 Å². The lowest BCUT2D eigenvalue weighted by atomic mass is 9.95. The van der Waals surface area contributed by atoms with E-state index in [2.05, 4.69) is 150 Å². The van der Waals surface area contributed by atoms with Crippen LogP contribution in [0.1, 0.15) is 11.1 Å². The Morgan fingerprint density at radius 3 is 1.18 bits per heavy atom. The number of hydrogen-bond acceptors (Lipinski definition) is 1. The van der Waals surface area contributed by atoms with Crippen LogP contribution in [0.5, 0.6) is 0 Å². The molecule has 0 saturated carbocycles.